The Kier molecular flexibility index (Phi) is 5.92. The molecule has 2 aromatic carbocycles. The summed E-state index contributed by atoms with van der Waals surface area (Å²) in [6.45, 7) is 2.26. The van der Waals surface area contributed by atoms with Gasteiger partial charge in [0.15, 0.2) is 0 Å². The van der Waals surface area contributed by atoms with Gasteiger partial charge in [-0.05, 0) is 56.2 Å². The molecule has 148 valence electrons. The second-order valence-corrected chi connectivity index (χ2v) is 6.51. The standard InChI is InChI=1S/C21H21F3N2O2/c1-14(28-17-8-3-7-16(13-17)21(22,23)24)5-4-12-27-18-9-2-6-15-10-11-19(25)26-20(15)18/h2-3,6-11,13-14H,4-5,12H2,1H3,(H2,25,26). The highest BCUT2D eigenvalue weighted by Crippen LogP contribution is 2.31. The maximum atomic E-state index is 12.8. The normalized spacial score (nSPS) is 12.7. The average molecular weight is 390 g/mol. The predicted octanol–water partition coefficient (Wildman–Crippen LogP) is 5.46. The van der Waals surface area contributed by atoms with E-state index in [1.165, 1.54) is 12.1 Å². The Balaban J connectivity index is 1.51. The van der Waals surface area contributed by atoms with Gasteiger partial charge in [-0.1, -0.05) is 18.2 Å². The van der Waals surface area contributed by atoms with Gasteiger partial charge in [0.25, 0.3) is 0 Å². The van der Waals surface area contributed by atoms with E-state index in [-0.39, 0.29) is 11.9 Å². The number of fused-ring (bicyclic) bond motifs is 1. The van der Waals surface area contributed by atoms with Crippen molar-refractivity contribution in [3.05, 3.63) is 60.2 Å². The van der Waals surface area contributed by atoms with Crippen molar-refractivity contribution in [2.45, 2.75) is 32.0 Å². The van der Waals surface area contributed by atoms with Crippen LogP contribution < -0.4 is 15.2 Å². The van der Waals surface area contributed by atoms with E-state index in [0.29, 0.717) is 36.5 Å². The highest BCUT2D eigenvalue weighted by atomic mass is 19.4. The van der Waals surface area contributed by atoms with Crippen LogP contribution >= 0.6 is 0 Å². The van der Waals surface area contributed by atoms with Crippen LogP contribution in [-0.4, -0.2) is 17.7 Å². The first kappa shape index (κ1) is 19.8. The summed E-state index contributed by atoms with van der Waals surface area (Å²) >= 11 is 0. The van der Waals surface area contributed by atoms with Crippen molar-refractivity contribution in [2.24, 2.45) is 0 Å². The second-order valence-electron chi connectivity index (χ2n) is 6.51. The van der Waals surface area contributed by atoms with E-state index in [1.807, 2.05) is 31.2 Å². The van der Waals surface area contributed by atoms with Gasteiger partial charge in [0.05, 0.1) is 18.3 Å². The minimum absolute atomic E-state index is 0.206. The van der Waals surface area contributed by atoms with E-state index < -0.39 is 11.7 Å². The molecule has 1 unspecified atom stereocenters. The van der Waals surface area contributed by atoms with Gasteiger partial charge >= 0.3 is 6.18 Å². The van der Waals surface area contributed by atoms with Crippen LogP contribution in [0.5, 0.6) is 11.5 Å². The maximum absolute atomic E-state index is 12.8. The number of halogens is 3. The third kappa shape index (κ3) is 5.06. The van der Waals surface area contributed by atoms with Crippen molar-refractivity contribution in [3.63, 3.8) is 0 Å². The zero-order valence-corrected chi connectivity index (χ0v) is 15.4. The molecule has 1 atom stereocenters. The van der Waals surface area contributed by atoms with E-state index in [1.54, 1.807) is 6.07 Å². The van der Waals surface area contributed by atoms with Crippen LogP contribution in [0.2, 0.25) is 0 Å². The highest BCUT2D eigenvalue weighted by molar-refractivity contribution is 5.85. The van der Waals surface area contributed by atoms with Crippen molar-refractivity contribution in [1.29, 1.82) is 0 Å². The Morgan fingerprint density at radius 2 is 1.86 bits per heavy atom. The lowest BCUT2D eigenvalue weighted by Gasteiger charge is -2.16. The lowest BCUT2D eigenvalue weighted by atomic mass is 10.2. The molecular weight excluding hydrogens is 369 g/mol. The Morgan fingerprint density at radius 3 is 2.64 bits per heavy atom. The van der Waals surface area contributed by atoms with Crippen molar-refractivity contribution < 1.29 is 22.6 Å². The van der Waals surface area contributed by atoms with Gasteiger partial charge in [-0.3, -0.25) is 0 Å². The van der Waals surface area contributed by atoms with Crippen LogP contribution in [-0.2, 0) is 6.18 Å². The molecule has 0 aliphatic carbocycles. The zero-order valence-electron chi connectivity index (χ0n) is 15.4. The molecule has 0 aliphatic heterocycles. The third-order valence-electron chi connectivity index (χ3n) is 4.22. The number of para-hydroxylation sites is 1. The number of aromatic nitrogens is 1. The van der Waals surface area contributed by atoms with Gasteiger partial charge in [-0.25, -0.2) is 4.98 Å². The molecule has 1 heterocycles. The van der Waals surface area contributed by atoms with Crippen LogP contribution in [0.1, 0.15) is 25.3 Å². The molecular formula is C21H21F3N2O2. The van der Waals surface area contributed by atoms with Crippen LogP contribution in [0.15, 0.2) is 54.6 Å². The summed E-state index contributed by atoms with van der Waals surface area (Å²) in [5, 5.41) is 0.938. The van der Waals surface area contributed by atoms with Crippen LogP contribution in [0.25, 0.3) is 10.9 Å². The summed E-state index contributed by atoms with van der Waals surface area (Å²) in [6.07, 6.45) is -3.31. The number of alkyl halides is 3. The largest absolute Gasteiger partial charge is 0.491 e. The molecule has 0 fully saturated rings. The number of pyridine rings is 1. The first-order valence-corrected chi connectivity index (χ1v) is 8.95. The van der Waals surface area contributed by atoms with E-state index in [2.05, 4.69) is 4.98 Å². The summed E-state index contributed by atoms with van der Waals surface area (Å²) in [5.41, 5.74) is 5.73. The van der Waals surface area contributed by atoms with Gasteiger partial charge in [0.1, 0.15) is 22.8 Å². The molecule has 0 bridgehead atoms. The minimum Gasteiger partial charge on any atom is -0.491 e. The number of benzene rings is 2. The van der Waals surface area contributed by atoms with E-state index in [0.717, 1.165) is 17.5 Å². The fourth-order valence-electron chi connectivity index (χ4n) is 2.84. The Bertz CT molecular complexity index is 944. The lowest BCUT2D eigenvalue weighted by Crippen LogP contribution is -2.14. The summed E-state index contributed by atoms with van der Waals surface area (Å²) < 4.78 is 49.7. The predicted molar refractivity (Wildman–Crippen MR) is 102 cm³/mol. The van der Waals surface area contributed by atoms with Gasteiger partial charge in [0.2, 0.25) is 0 Å². The number of anilines is 1. The number of hydrogen-bond donors (Lipinski definition) is 1. The molecule has 0 spiro atoms. The molecule has 0 radical (unpaired) electrons. The zero-order chi connectivity index (χ0) is 20.1. The summed E-state index contributed by atoms with van der Waals surface area (Å²) in [4.78, 5) is 4.31. The highest BCUT2D eigenvalue weighted by Gasteiger charge is 2.30. The van der Waals surface area contributed by atoms with Gasteiger partial charge < -0.3 is 15.2 Å². The topological polar surface area (TPSA) is 57.4 Å². The van der Waals surface area contributed by atoms with Gasteiger partial charge in [0, 0.05) is 5.39 Å². The smallest absolute Gasteiger partial charge is 0.416 e. The third-order valence-corrected chi connectivity index (χ3v) is 4.22. The lowest BCUT2D eigenvalue weighted by molar-refractivity contribution is -0.137. The molecule has 3 aromatic rings. The first-order valence-electron chi connectivity index (χ1n) is 8.95. The van der Waals surface area contributed by atoms with Gasteiger partial charge in [-0.2, -0.15) is 13.2 Å². The molecule has 4 nitrogen and oxygen atoms in total. The Hall–Kier alpha value is -2.96. The van der Waals surface area contributed by atoms with Crippen molar-refractivity contribution in [3.8, 4) is 11.5 Å². The summed E-state index contributed by atoms with van der Waals surface area (Å²) in [5.74, 6) is 1.28. The summed E-state index contributed by atoms with van der Waals surface area (Å²) in [6, 6.07) is 14.2. The van der Waals surface area contributed by atoms with E-state index >= 15 is 0 Å². The number of hydrogen-bond acceptors (Lipinski definition) is 4. The number of ether oxygens (including phenoxy) is 2. The van der Waals surface area contributed by atoms with Crippen molar-refractivity contribution in [2.75, 3.05) is 12.3 Å². The summed E-state index contributed by atoms with van der Waals surface area (Å²) in [7, 11) is 0. The van der Waals surface area contributed by atoms with E-state index in [9.17, 15) is 13.2 Å². The minimum atomic E-state index is -4.38. The van der Waals surface area contributed by atoms with Crippen LogP contribution in [0.4, 0.5) is 19.0 Å². The van der Waals surface area contributed by atoms with Crippen molar-refractivity contribution in [1.82, 2.24) is 4.98 Å². The number of nitrogens with zero attached hydrogens (tertiary/aromatic N) is 1. The van der Waals surface area contributed by atoms with Crippen LogP contribution in [0, 0.1) is 0 Å². The molecule has 0 amide bonds. The quantitative estimate of drug-likeness (QED) is 0.544. The number of rotatable bonds is 7. The molecule has 7 heteroatoms. The molecule has 0 saturated heterocycles. The fraction of sp³-hybridized carbons (Fsp3) is 0.286. The Morgan fingerprint density at radius 1 is 1.07 bits per heavy atom. The average Bonchev–Trinajstić information content (AvgIpc) is 2.65. The second kappa shape index (κ2) is 8.37. The van der Waals surface area contributed by atoms with Crippen LogP contribution in [0.3, 0.4) is 0 Å². The van der Waals surface area contributed by atoms with Gasteiger partial charge in [-0.15, -0.1) is 0 Å². The number of nitrogen functional groups attached to an aromatic ring is 1. The molecule has 28 heavy (non-hydrogen) atoms. The van der Waals surface area contributed by atoms with E-state index in [4.69, 9.17) is 15.2 Å². The number of nitrogens with two attached hydrogens (primary N) is 1. The molecule has 1 aromatic heterocycles. The molecule has 2 N–H and O–H groups in total. The Labute approximate surface area is 161 Å². The fourth-order valence-corrected chi connectivity index (χ4v) is 2.84. The SMILES string of the molecule is CC(CCCOc1cccc2ccc(N)nc12)Oc1cccc(C(F)(F)F)c1. The first-order chi connectivity index (χ1) is 13.3. The monoisotopic (exact) mass is 390 g/mol. The van der Waals surface area contributed by atoms with Crippen molar-refractivity contribution >= 4 is 16.7 Å². The maximum Gasteiger partial charge on any atom is 0.416 e. The molecule has 3 rings (SSSR count). The molecule has 0 aliphatic rings. The molecule has 0 saturated carbocycles.